The van der Waals surface area contributed by atoms with Crippen molar-refractivity contribution in [3.8, 4) is 0 Å². The van der Waals surface area contributed by atoms with E-state index in [0.717, 1.165) is 30.0 Å². The monoisotopic (exact) mass is 409 g/mol. The Hall–Kier alpha value is -2.80. The lowest BCUT2D eigenvalue weighted by Gasteiger charge is -2.41. The average Bonchev–Trinajstić information content (AvgIpc) is 3.30. The largest absolute Gasteiger partial charge is 0.466 e. The second-order valence-corrected chi connectivity index (χ2v) is 8.75. The van der Waals surface area contributed by atoms with E-state index in [2.05, 4.69) is 10.6 Å². The standard InChI is InChI=1S/C23H27N3O4/c1-16-6-7-17(30-16)8-9-20(27)26-12-10-22(11-13-26)14-23(15-29-22)24-19-5-3-2-4-18(19)21(28)25-23/h2-7,24H,8-15H2,1H3,(H,25,28). The minimum Gasteiger partial charge on any atom is -0.466 e. The van der Waals surface area contributed by atoms with E-state index < -0.39 is 5.66 Å². The van der Waals surface area contributed by atoms with Gasteiger partial charge in [-0.15, -0.1) is 0 Å². The zero-order chi connectivity index (χ0) is 20.8. The molecule has 2 amide bonds. The molecule has 2 fully saturated rings. The van der Waals surface area contributed by atoms with E-state index in [0.29, 0.717) is 44.5 Å². The van der Waals surface area contributed by atoms with Gasteiger partial charge in [-0.05, 0) is 44.0 Å². The summed E-state index contributed by atoms with van der Waals surface area (Å²) >= 11 is 0. The minimum atomic E-state index is -0.575. The fourth-order valence-electron chi connectivity index (χ4n) is 4.95. The van der Waals surface area contributed by atoms with Gasteiger partial charge in [0, 0.05) is 38.0 Å². The molecule has 2 saturated heterocycles. The van der Waals surface area contributed by atoms with Gasteiger partial charge in [-0.1, -0.05) is 12.1 Å². The highest BCUT2D eigenvalue weighted by atomic mass is 16.5. The maximum Gasteiger partial charge on any atom is 0.255 e. The van der Waals surface area contributed by atoms with Gasteiger partial charge in [0.15, 0.2) is 0 Å². The second kappa shape index (κ2) is 7.16. The number of carbonyl (C=O) groups is 2. The Balaban J connectivity index is 1.19. The van der Waals surface area contributed by atoms with E-state index in [4.69, 9.17) is 9.15 Å². The van der Waals surface area contributed by atoms with Gasteiger partial charge in [0.1, 0.15) is 17.2 Å². The molecule has 2 N–H and O–H groups in total. The average molecular weight is 409 g/mol. The number of nitrogens with zero attached hydrogens (tertiary/aromatic N) is 1. The SMILES string of the molecule is Cc1ccc(CCC(=O)N2CCC3(CC2)CC2(CO3)NC(=O)c3ccccc3N2)o1. The van der Waals surface area contributed by atoms with Gasteiger partial charge in [-0.3, -0.25) is 9.59 Å². The van der Waals surface area contributed by atoms with E-state index in [1.807, 2.05) is 48.2 Å². The maximum atomic E-state index is 12.6. The van der Waals surface area contributed by atoms with Crippen LogP contribution in [0.1, 0.15) is 47.6 Å². The number of fused-ring (bicyclic) bond motifs is 1. The predicted molar refractivity (Wildman–Crippen MR) is 111 cm³/mol. The Kier molecular flexibility index (Phi) is 4.58. The van der Waals surface area contributed by atoms with E-state index in [-0.39, 0.29) is 17.4 Å². The van der Waals surface area contributed by atoms with Crippen LogP contribution in [0.4, 0.5) is 5.69 Å². The Bertz CT molecular complexity index is 976. The van der Waals surface area contributed by atoms with Gasteiger partial charge in [0.05, 0.1) is 17.8 Å². The maximum absolute atomic E-state index is 12.6. The molecule has 1 atom stereocenters. The van der Waals surface area contributed by atoms with Crippen molar-refractivity contribution in [2.24, 2.45) is 0 Å². The fourth-order valence-corrected chi connectivity index (χ4v) is 4.95. The van der Waals surface area contributed by atoms with Crippen LogP contribution in [-0.2, 0) is 16.0 Å². The summed E-state index contributed by atoms with van der Waals surface area (Å²) in [6.45, 7) is 3.69. The number of nitrogens with one attached hydrogen (secondary N) is 2. The molecule has 158 valence electrons. The van der Waals surface area contributed by atoms with E-state index in [1.54, 1.807) is 0 Å². The molecule has 3 aliphatic heterocycles. The lowest BCUT2D eigenvalue weighted by Crippen LogP contribution is -2.59. The molecular weight excluding hydrogens is 382 g/mol. The summed E-state index contributed by atoms with van der Waals surface area (Å²) in [5, 5.41) is 6.63. The van der Waals surface area contributed by atoms with E-state index >= 15 is 0 Å². The molecule has 0 aliphatic carbocycles. The van der Waals surface area contributed by atoms with Gasteiger partial charge in [-0.2, -0.15) is 0 Å². The zero-order valence-corrected chi connectivity index (χ0v) is 17.2. The normalized spacial score (nSPS) is 24.6. The van der Waals surface area contributed by atoms with Crippen LogP contribution in [0.25, 0.3) is 0 Å². The Morgan fingerprint density at radius 3 is 2.70 bits per heavy atom. The number of para-hydroxylation sites is 1. The van der Waals surface area contributed by atoms with Crippen molar-refractivity contribution in [1.29, 1.82) is 0 Å². The third-order valence-corrected chi connectivity index (χ3v) is 6.56. The summed E-state index contributed by atoms with van der Waals surface area (Å²) in [6.07, 6.45) is 3.34. The van der Waals surface area contributed by atoms with Crippen LogP contribution in [-0.4, -0.2) is 47.7 Å². The first-order chi connectivity index (χ1) is 14.5. The lowest BCUT2D eigenvalue weighted by molar-refractivity contribution is -0.136. The summed E-state index contributed by atoms with van der Waals surface area (Å²) in [6, 6.07) is 11.4. The zero-order valence-electron chi connectivity index (χ0n) is 17.2. The Labute approximate surface area is 175 Å². The minimum absolute atomic E-state index is 0.0641. The first kappa shape index (κ1) is 19.2. The number of likely N-dealkylation sites (tertiary alicyclic amines) is 1. The number of aryl methyl sites for hydroxylation is 2. The van der Waals surface area contributed by atoms with Crippen LogP contribution in [0.5, 0.6) is 0 Å². The van der Waals surface area contributed by atoms with Crippen molar-refractivity contribution in [2.75, 3.05) is 25.0 Å². The number of furan rings is 1. The number of amides is 2. The molecule has 1 unspecified atom stereocenters. The third kappa shape index (κ3) is 3.47. The molecule has 4 heterocycles. The molecule has 0 saturated carbocycles. The molecule has 5 rings (SSSR count). The molecule has 2 spiro atoms. The summed E-state index contributed by atoms with van der Waals surface area (Å²) in [5.41, 5.74) is 0.634. The van der Waals surface area contributed by atoms with Crippen LogP contribution >= 0.6 is 0 Å². The number of carbonyl (C=O) groups excluding carboxylic acids is 2. The van der Waals surface area contributed by atoms with Crippen molar-refractivity contribution in [2.45, 2.75) is 50.3 Å². The summed E-state index contributed by atoms with van der Waals surface area (Å²) in [4.78, 5) is 27.1. The van der Waals surface area contributed by atoms with Gasteiger partial charge in [0.25, 0.3) is 5.91 Å². The quantitative estimate of drug-likeness (QED) is 0.815. The second-order valence-electron chi connectivity index (χ2n) is 8.75. The highest BCUT2D eigenvalue weighted by molar-refractivity contribution is 6.02. The number of anilines is 1. The van der Waals surface area contributed by atoms with Crippen molar-refractivity contribution in [1.82, 2.24) is 10.2 Å². The van der Waals surface area contributed by atoms with Crippen molar-refractivity contribution in [3.63, 3.8) is 0 Å². The first-order valence-corrected chi connectivity index (χ1v) is 10.6. The van der Waals surface area contributed by atoms with Crippen LogP contribution in [0, 0.1) is 6.92 Å². The smallest absolute Gasteiger partial charge is 0.255 e. The van der Waals surface area contributed by atoms with Gasteiger partial charge in [-0.25, -0.2) is 0 Å². The van der Waals surface area contributed by atoms with E-state index in [9.17, 15) is 9.59 Å². The molecular formula is C23H27N3O4. The molecule has 30 heavy (non-hydrogen) atoms. The van der Waals surface area contributed by atoms with Gasteiger partial charge >= 0.3 is 0 Å². The number of hydrogen-bond acceptors (Lipinski definition) is 5. The van der Waals surface area contributed by atoms with Gasteiger partial charge < -0.3 is 24.7 Å². The van der Waals surface area contributed by atoms with Crippen LogP contribution in [0.15, 0.2) is 40.8 Å². The van der Waals surface area contributed by atoms with Crippen LogP contribution < -0.4 is 10.6 Å². The Morgan fingerprint density at radius 1 is 1.13 bits per heavy atom. The molecule has 1 aromatic carbocycles. The number of piperidine rings is 1. The van der Waals surface area contributed by atoms with Crippen LogP contribution in [0.2, 0.25) is 0 Å². The molecule has 0 radical (unpaired) electrons. The Morgan fingerprint density at radius 2 is 1.93 bits per heavy atom. The first-order valence-electron chi connectivity index (χ1n) is 10.6. The third-order valence-electron chi connectivity index (χ3n) is 6.56. The molecule has 2 aromatic rings. The van der Waals surface area contributed by atoms with E-state index in [1.165, 1.54) is 0 Å². The fraction of sp³-hybridized carbons (Fsp3) is 0.478. The topological polar surface area (TPSA) is 83.8 Å². The number of benzene rings is 1. The van der Waals surface area contributed by atoms with Gasteiger partial charge in [0.2, 0.25) is 5.91 Å². The number of rotatable bonds is 3. The van der Waals surface area contributed by atoms with Crippen molar-refractivity contribution >= 4 is 17.5 Å². The van der Waals surface area contributed by atoms with Crippen LogP contribution in [0.3, 0.4) is 0 Å². The summed E-state index contributed by atoms with van der Waals surface area (Å²) in [7, 11) is 0. The molecule has 7 nitrogen and oxygen atoms in total. The predicted octanol–water partition coefficient (Wildman–Crippen LogP) is 2.85. The highest BCUT2D eigenvalue weighted by Crippen LogP contribution is 2.42. The van der Waals surface area contributed by atoms with Crippen molar-refractivity contribution < 1.29 is 18.7 Å². The number of ether oxygens (including phenoxy) is 1. The summed E-state index contributed by atoms with van der Waals surface area (Å²) < 4.78 is 11.8. The molecule has 7 heteroatoms. The highest BCUT2D eigenvalue weighted by Gasteiger charge is 2.53. The lowest BCUT2D eigenvalue weighted by atomic mass is 9.84. The number of hydrogen-bond donors (Lipinski definition) is 2. The molecule has 1 aromatic heterocycles. The molecule has 3 aliphatic rings. The summed E-state index contributed by atoms with van der Waals surface area (Å²) in [5.74, 6) is 1.82. The molecule has 0 bridgehead atoms. The van der Waals surface area contributed by atoms with Crippen molar-refractivity contribution in [3.05, 3.63) is 53.5 Å².